The van der Waals surface area contributed by atoms with Crippen LogP contribution in [0, 0.1) is 11.3 Å². The van der Waals surface area contributed by atoms with Gasteiger partial charge in [-0.1, -0.05) is 12.1 Å². The van der Waals surface area contributed by atoms with Gasteiger partial charge in [-0.3, -0.25) is 4.98 Å². The number of aliphatic hydroxyl groups is 1. The van der Waals surface area contributed by atoms with Gasteiger partial charge in [-0.05, 0) is 24.3 Å². The highest BCUT2D eigenvalue weighted by Gasteiger charge is 2.15. The Bertz CT molecular complexity index is 922. The number of esters is 1. The number of allylic oxidation sites excluding steroid dienone is 1. The van der Waals surface area contributed by atoms with Crippen LogP contribution in [0.4, 0.5) is 0 Å². The van der Waals surface area contributed by atoms with E-state index >= 15 is 0 Å². The molecule has 0 unspecified atom stereocenters. The number of aromatic nitrogens is 3. The Hall–Kier alpha value is -3.66. The van der Waals surface area contributed by atoms with Gasteiger partial charge in [-0.15, -0.1) is 0 Å². The molecule has 0 saturated carbocycles. The standard InChI is InChI=1S/C17H12N4O3/c18-9-12(16-20-13-3-1-2-4-14(13)21-16)15(22)10-24-17(23)11-5-7-19-8-6-11/h1-8,22H,10H2,(H,20,21)/b15-12-. The summed E-state index contributed by atoms with van der Waals surface area (Å²) in [6.45, 7) is -0.429. The average molecular weight is 320 g/mol. The second kappa shape index (κ2) is 6.62. The minimum Gasteiger partial charge on any atom is -0.507 e. The van der Waals surface area contributed by atoms with Crippen LogP contribution in [-0.4, -0.2) is 32.6 Å². The first-order valence-corrected chi connectivity index (χ1v) is 7.03. The number of ether oxygens (including phenoxy) is 1. The minimum absolute atomic E-state index is 0.0753. The van der Waals surface area contributed by atoms with Crippen molar-refractivity contribution in [1.82, 2.24) is 15.0 Å². The predicted octanol–water partition coefficient (Wildman–Crippen LogP) is 2.61. The Labute approximate surface area is 136 Å². The molecule has 3 rings (SSSR count). The third kappa shape index (κ3) is 3.08. The topological polar surface area (TPSA) is 112 Å². The molecule has 0 spiro atoms. The number of pyridine rings is 1. The van der Waals surface area contributed by atoms with Gasteiger partial charge in [0.05, 0.1) is 16.6 Å². The molecule has 24 heavy (non-hydrogen) atoms. The van der Waals surface area contributed by atoms with Crippen molar-refractivity contribution in [2.75, 3.05) is 6.61 Å². The number of para-hydroxylation sites is 2. The van der Waals surface area contributed by atoms with Gasteiger partial charge in [0.1, 0.15) is 18.2 Å². The first-order valence-electron chi connectivity index (χ1n) is 7.03. The Kier molecular flexibility index (Phi) is 4.21. The van der Waals surface area contributed by atoms with Crippen molar-refractivity contribution < 1.29 is 14.6 Å². The van der Waals surface area contributed by atoms with Crippen molar-refractivity contribution in [3.05, 3.63) is 65.9 Å². The fraction of sp³-hybridized carbons (Fsp3) is 0.0588. The van der Waals surface area contributed by atoms with Gasteiger partial charge in [0.15, 0.2) is 11.6 Å². The molecule has 0 bridgehead atoms. The lowest BCUT2D eigenvalue weighted by Gasteiger charge is -2.05. The summed E-state index contributed by atoms with van der Waals surface area (Å²) in [4.78, 5) is 22.8. The number of carbonyl (C=O) groups excluding carboxylic acids is 1. The van der Waals surface area contributed by atoms with Crippen molar-refractivity contribution in [3.8, 4) is 6.07 Å². The number of nitrogens with one attached hydrogen (secondary N) is 1. The molecule has 0 atom stereocenters. The van der Waals surface area contributed by atoms with E-state index < -0.39 is 12.6 Å². The molecule has 1 aromatic carbocycles. The zero-order chi connectivity index (χ0) is 16.9. The van der Waals surface area contributed by atoms with Crippen molar-refractivity contribution in [2.24, 2.45) is 0 Å². The van der Waals surface area contributed by atoms with Crippen molar-refractivity contribution in [2.45, 2.75) is 0 Å². The second-order valence-electron chi connectivity index (χ2n) is 4.85. The number of imidazole rings is 1. The molecule has 0 aliphatic rings. The zero-order valence-electron chi connectivity index (χ0n) is 12.4. The highest BCUT2D eigenvalue weighted by atomic mass is 16.5. The van der Waals surface area contributed by atoms with E-state index in [9.17, 15) is 15.2 Å². The summed E-state index contributed by atoms with van der Waals surface area (Å²) >= 11 is 0. The molecule has 118 valence electrons. The quantitative estimate of drug-likeness (QED) is 0.434. The van der Waals surface area contributed by atoms with Crippen molar-refractivity contribution in [3.63, 3.8) is 0 Å². The fourth-order valence-electron chi connectivity index (χ4n) is 2.10. The maximum absolute atomic E-state index is 11.8. The van der Waals surface area contributed by atoms with Crippen LogP contribution in [0.5, 0.6) is 0 Å². The summed E-state index contributed by atoms with van der Waals surface area (Å²) in [5.74, 6) is -0.777. The number of nitriles is 1. The van der Waals surface area contributed by atoms with Gasteiger partial charge < -0.3 is 14.8 Å². The minimum atomic E-state index is -0.620. The highest BCUT2D eigenvalue weighted by molar-refractivity contribution is 5.89. The van der Waals surface area contributed by atoms with Crippen LogP contribution in [0.2, 0.25) is 0 Å². The lowest BCUT2D eigenvalue weighted by atomic mass is 10.2. The Morgan fingerprint density at radius 2 is 2.00 bits per heavy atom. The average Bonchev–Trinajstić information content (AvgIpc) is 3.04. The highest BCUT2D eigenvalue weighted by Crippen LogP contribution is 2.19. The van der Waals surface area contributed by atoms with Crippen LogP contribution in [-0.2, 0) is 4.74 Å². The van der Waals surface area contributed by atoms with E-state index in [2.05, 4.69) is 15.0 Å². The first-order chi connectivity index (χ1) is 11.7. The predicted molar refractivity (Wildman–Crippen MR) is 85.8 cm³/mol. The zero-order valence-corrected chi connectivity index (χ0v) is 12.4. The Morgan fingerprint density at radius 3 is 2.71 bits per heavy atom. The Morgan fingerprint density at radius 1 is 1.25 bits per heavy atom. The van der Waals surface area contributed by atoms with Gasteiger partial charge in [-0.2, -0.15) is 5.26 Å². The summed E-state index contributed by atoms with van der Waals surface area (Å²) in [6, 6.07) is 12.1. The number of aliphatic hydroxyl groups excluding tert-OH is 1. The van der Waals surface area contributed by atoms with Gasteiger partial charge >= 0.3 is 5.97 Å². The van der Waals surface area contributed by atoms with E-state index in [1.54, 1.807) is 12.1 Å². The monoisotopic (exact) mass is 320 g/mol. The van der Waals surface area contributed by atoms with Crippen LogP contribution in [0.3, 0.4) is 0 Å². The van der Waals surface area contributed by atoms with Gasteiger partial charge in [-0.25, -0.2) is 9.78 Å². The second-order valence-corrected chi connectivity index (χ2v) is 4.85. The number of hydrogen-bond donors (Lipinski definition) is 2. The van der Waals surface area contributed by atoms with E-state index in [4.69, 9.17) is 4.74 Å². The number of aromatic amines is 1. The maximum atomic E-state index is 11.8. The summed E-state index contributed by atoms with van der Waals surface area (Å²) in [6.07, 6.45) is 2.92. The maximum Gasteiger partial charge on any atom is 0.338 e. The normalized spacial score (nSPS) is 11.6. The SMILES string of the molecule is N#C/C(=C(/O)COC(=O)c1ccncc1)c1nc2ccccc2[nH]1. The molecule has 7 nitrogen and oxygen atoms in total. The number of hydrogen-bond acceptors (Lipinski definition) is 6. The number of nitrogens with zero attached hydrogens (tertiary/aromatic N) is 3. The smallest absolute Gasteiger partial charge is 0.338 e. The molecule has 0 amide bonds. The molecular formula is C17H12N4O3. The number of fused-ring (bicyclic) bond motifs is 1. The molecular weight excluding hydrogens is 308 g/mol. The van der Waals surface area contributed by atoms with Crippen LogP contribution < -0.4 is 0 Å². The van der Waals surface area contributed by atoms with Crippen LogP contribution in [0.15, 0.2) is 54.6 Å². The molecule has 3 aromatic rings. The largest absolute Gasteiger partial charge is 0.507 e. The molecule has 7 heteroatoms. The third-order valence-electron chi connectivity index (χ3n) is 3.28. The molecule has 0 fully saturated rings. The van der Waals surface area contributed by atoms with Gasteiger partial charge in [0, 0.05) is 12.4 Å². The van der Waals surface area contributed by atoms with E-state index in [1.165, 1.54) is 24.5 Å². The summed E-state index contributed by atoms with van der Waals surface area (Å²) < 4.78 is 5.00. The lowest BCUT2D eigenvalue weighted by molar-refractivity contribution is 0.0502. The molecule has 2 N–H and O–H groups in total. The van der Waals surface area contributed by atoms with E-state index in [-0.39, 0.29) is 17.2 Å². The Balaban J connectivity index is 1.80. The number of benzene rings is 1. The van der Waals surface area contributed by atoms with Crippen molar-refractivity contribution in [1.29, 1.82) is 5.26 Å². The van der Waals surface area contributed by atoms with E-state index in [0.717, 1.165) is 5.52 Å². The van der Waals surface area contributed by atoms with E-state index in [1.807, 2.05) is 18.2 Å². The third-order valence-corrected chi connectivity index (χ3v) is 3.28. The lowest BCUT2D eigenvalue weighted by Crippen LogP contribution is -2.09. The number of carbonyl (C=O) groups is 1. The summed E-state index contributed by atoms with van der Waals surface area (Å²) in [5.41, 5.74) is 1.64. The molecule has 0 aliphatic heterocycles. The molecule has 2 heterocycles. The molecule has 0 saturated heterocycles. The number of rotatable bonds is 4. The van der Waals surface area contributed by atoms with E-state index in [0.29, 0.717) is 11.1 Å². The molecule has 2 aromatic heterocycles. The van der Waals surface area contributed by atoms with Crippen LogP contribution in [0.25, 0.3) is 16.6 Å². The van der Waals surface area contributed by atoms with Crippen LogP contribution >= 0.6 is 0 Å². The first kappa shape index (κ1) is 15.2. The van der Waals surface area contributed by atoms with Crippen molar-refractivity contribution >= 4 is 22.6 Å². The number of H-pyrrole nitrogens is 1. The molecule has 0 radical (unpaired) electrons. The summed E-state index contributed by atoms with van der Waals surface area (Å²) in [5, 5.41) is 19.4. The fourth-order valence-corrected chi connectivity index (χ4v) is 2.10. The van der Waals surface area contributed by atoms with Gasteiger partial charge in [0.2, 0.25) is 0 Å². The summed E-state index contributed by atoms with van der Waals surface area (Å²) in [7, 11) is 0. The van der Waals surface area contributed by atoms with Crippen LogP contribution in [0.1, 0.15) is 16.2 Å². The van der Waals surface area contributed by atoms with Gasteiger partial charge in [0.25, 0.3) is 0 Å². The molecule has 0 aliphatic carbocycles.